The maximum absolute atomic E-state index is 12.7. The Morgan fingerprint density at radius 3 is 2.51 bits per heavy atom. The van der Waals surface area contributed by atoms with Crippen LogP contribution in [0, 0.1) is 6.92 Å². The van der Waals surface area contributed by atoms with Gasteiger partial charge in [-0.3, -0.25) is 9.78 Å². The van der Waals surface area contributed by atoms with Gasteiger partial charge in [0.1, 0.15) is 17.6 Å². The van der Waals surface area contributed by atoms with Crippen LogP contribution in [0.3, 0.4) is 0 Å². The summed E-state index contributed by atoms with van der Waals surface area (Å²) in [6, 6.07) is 12.1. The van der Waals surface area contributed by atoms with Crippen molar-refractivity contribution in [1.82, 2.24) is 25.1 Å². The molecule has 208 valence electrons. The summed E-state index contributed by atoms with van der Waals surface area (Å²) >= 11 is 0. The Morgan fingerprint density at radius 2 is 1.87 bits per heavy atom. The standard InChI is InChI=1S/C24H28N6O2.C2HF3O2/c1-15-28-29-23-20(10-12-30(15)23)24(32)27-18-6-4-16(5-7-18)13-19-8-9-21(26-19)22(31)17-3-2-11-25-14-17;3-2(4,5)1(6)7/h2-7,11,14,19-22,26,31H,8-10,12-13H2,1H3,(H,27,32);(H,6,7)/t19-,20?,21+,22+;/m0./s1. The lowest BCUT2D eigenvalue weighted by atomic mass is 10.0. The molecular formula is C26H29F3N6O4. The molecule has 4 heterocycles. The van der Waals surface area contributed by atoms with Gasteiger partial charge >= 0.3 is 12.1 Å². The Labute approximate surface area is 222 Å². The third kappa shape index (κ3) is 6.98. The fraction of sp³-hybridized carbons (Fsp3) is 0.423. The molecule has 5 rings (SSSR count). The van der Waals surface area contributed by atoms with E-state index in [9.17, 15) is 23.1 Å². The van der Waals surface area contributed by atoms with Crippen molar-refractivity contribution < 1.29 is 33.0 Å². The molecule has 2 aliphatic heterocycles. The van der Waals surface area contributed by atoms with E-state index < -0.39 is 18.2 Å². The van der Waals surface area contributed by atoms with Gasteiger partial charge in [0.25, 0.3) is 0 Å². The van der Waals surface area contributed by atoms with Gasteiger partial charge in [0.2, 0.25) is 5.91 Å². The van der Waals surface area contributed by atoms with Gasteiger partial charge < -0.3 is 25.4 Å². The van der Waals surface area contributed by atoms with Crippen molar-refractivity contribution in [3.05, 3.63) is 71.6 Å². The van der Waals surface area contributed by atoms with E-state index in [0.29, 0.717) is 6.04 Å². The molecule has 1 amide bonds. The Hall–Kier alpha value is -3.84. The molecular weight excluding hydrogens is 517 g/mol. The molecule has 2 aromatic heterocycles. The van der Waals surface area contributed by atoms with E-state index in [2.05, 4.69) is 37.9 Å². The van der Waals surface area contributed by atoms with E-state index in [4.69, 9.17) is 9.90 Å². The van der Waals surface area contributed by atoms with Gasteiger partial charge in [-0.2, -0.15) is 13.2 Å². The molecule has 3 aromatic rings. The van der Waals surface area contributed by atoms with Crippen molar-refractivity contribution in [2.45, 2.75) is 69.4 Å². The number of aliphatic hydroxyl groups is 1. The van der Waals surface area contributed by atoms with Crippen LogP contribution < -0.4 is 10.6 Å². The second-order valence-electron chi connectivity index (χ2n) is 9.57. The first-order chi connectivity index (χ1) is 18.5. The molecule has 0 aliphatic carbocycles. The maximum Gasteiger partial charge on any atom is 0.490 e. The number of hydrogen-bond acceptors (Lipinski definition) is 7. The molecule has 39 heavy (non-hydrogen) atoms. The smallest absolute Gasteiger partial charge is 0.475 e. The summed E-state index contributed by atoms with van der Waals surface area (Å²) in [6.45, 7) is 2.70. The highest BCUT2D eigenvalue weighted by Crippen LogP contribution is 2.29. The van der Waals surface area contributed by atoms with Crippen molar-refractivity contribution >= 4 is 17.6 Å². The first kappa shape index (κ1) is 28.2. The van der Waals surface area contributed by atoms with Crippen LogP contribution in [0.1, 0.15) is 54.1 Å². The van der Waals surface area contributed by atoms with Crippen molar-refractivity contribution in [2.75, 3.05) is 5.32 Å². The highest BCUT2D eigenvalue weighted by Gasteiger charge is 2.38. The van der Waals surface area contributed by atoms with Crippen molar-refractivity contribution in [2.24, 2.45) is 0 Å². The minimum atomic E-state index is -5.08. The number of rotatable bonds is 6. The molecule has 1 fully saturated rings. The number of benzene rings is 1. The maximum atomic E-state index is 12.7. The molecule has 4 atom stereocenters. The summed E-state index contributed by atoms with van der Waals surface area (Å²) in [5.41, 5.74) is 2.84. The number of hydrogen-bond donors (Lipinski definition) is 4. The number of amides is 1. The van der Waals surface area contributed by atoms with Crippen LogP contribution >= 0.6 is 0 Å². The minimum absolute atomic E-state index is 0.0337. The lowest BCUT2D eigenvalue weighted by molar-refractivity contribution is -0.192. The number of aromatic nitrogens is 4. The van der Waals surface area contributed by atoms with Crippen LogP contribution in [0.5, 0.6) is 0 Å². The number of halogens is 3. The normalized spacial score (nSPS) is 21.0. The number of aliphatic hydroxyl groups excluding tert-OH is 1. The number of nitrogens with one attached hydrogen (secondary N) is 2. The number of carboxylic acid groups (broad SMARTS) is 1. The molecule has 1 saturated heterocycles. The molecule has 1 unspecified atom stereocenters. The van der Waals surface area contributed by atoms with Gasteiger partial charge in [0.15, 0.2) is 0 Å². The summed E-state index contributed by atoms with van der Waals surface area (Å²) in [4.78, 5) is 25.7. The average Bonchev–Trinajstić information content (AvgIpc) is 3.63. The molecule has 0 spiro atoms. The van der Waals surface area contributed by atoms with Crippen LogP contribution in [0.4, 0.5) is 18.9 Å². The molecule has 13 heteroatoms. The number of nitrogens with zero attached hydrogens (tertiary/aromatic N) is 4. The summed E-state index contributed by atoms with van der Waals surface area (Å²) < 4.78 is 33.8. The van der Waals surface area contributed by atoms with E-state index in [0.717, 1.165) is 55.1 Å². The first-order valence-corrected chi connectivity index (χ1v) is 12.5. The van der Waals surface area contributed by atoms with E-state index >= 15 is 0 Å². The minimum Gasteiger partial charge on any atom is -0.475 e. The highest BCUT2D eigenvalue weighted by molar-refractivity contribution is 5.95. The van der Waals surface area contributed by atoms with Crippen molar-refractivity contribution in [3.8, 4) is 0 Å². The highest BCUT2D eigenvalue weighted by atomic mass is 19.4. The third-order valence-electron chi connectivity index (χ3n) is 6.86. The zero-order valence-corrected chi connectivity index (χ0v) is 21.1. The van der Waals surface area contributed by atoms with Crippen LogP contribution in [-0.2, 0) is 22.6 Å². The SMILES string of the molecule is Cc1nnc2n1CCC2C(=O)Nc1ccc(C[C@@H]2CC[C@H]([C@H](O)c3cccnc3)N2)cc1.O=C(O)C(F)(F)F. The number of aryl methyl sites for hydroxylation is 1. The summed E-state index contributed by atoms with van der Waals surface area (Å²) in [6.07, 6.45) is 1.40. The topological polar surface area (TPSA) is 142 Å². The zero-order chi connectivity index (χ0) is 28.2. The predicted octanol–water partition coefficient (Wildman–Crippen LogP) is 3.14. The lowest BCUT2D eigenvalue weighted by Crippen LogP contribution is -2.35. The monoisotopic (exact) mass is 546 g/mol. The van der Waals surface area contributed by atoms with Crippen LogP contribution in [0.2, 0.25) is 0 Å². The molecule has 2 aliphatic rings. The van der Waals surface area contributed by atoms with Gasteiger partial charge in [-0.15, -0.1) is 10.2 Å². The Kier molecular flexibility index (Phi) is 8.60. The number of carboxylic acids is 1. The number of carbonyl (C=O) groups excluding carboxylic acids is 1. The molecule has 0 saturated carbocycles. The largest absolute Gasteiger partial charge is 0.490 e. The third-order valence-corrected chi connectivity index (χ3v) is 6.86. The zero-order valence-electron chi connectivity index (χ0n) is 21.1. The van der Waals surface area contributed by atoms with Gasteiger partial charge in [0.05, 0.1) is 6.10 Å². The average molecular weight is 547 g/mol. The van der Waals surface area contributed by atoms with E-state index in [1.54, 1.807) is 12.4 Å². The van der Waals surface area contributed by atoms with Crippen LogP contribution in [-0.4, -0.2) is 60.1 Å². The Bertz CT molecular complexity index is 1280. The molecule has 4 N–H and O–H groups in total. The molecule has 0 radical (unpaired) electrons. The quantitative estimate of drug-likeness (QED) is 0.370. The van der Waals surface area contributed by atoms with Crippen molar-refractivity contribution in [1.29, 1.82) is 0 Å². The lowest BCUT2D eigenvalue weighted by Gasteiger charge is -2.20. The Balaban J connectivity index is 0.000000448. The number of fused-ring (bicyclic) bond motifs is 1. The second kappa shape index (κ2) is 11.9. The first-order valence-electron chi connectivity index (χ1n) is 12.5. The van der Waals surface area contributed by atoms with Gasteiger partial charge in [-0.25, -0.2) is 4.79 Å². The van der Waals surface area contributed by atoms with Gasteiger partial charge in [-0.05, 0) is 56.4 Å². The van der Waals surface area contributed by atoms with Crippen molar-refractivity contribution in [3.63, 3.8) is 0 Å². The van der Waals surface area contributed by atoms with Crippen LogP contribution in [0.15, 0.2) is 48.8 Å². The fourth-order valence-electron chi connectivity index (χ4n) is 4.85. The number of alkyl halides is 3. The van der Waals surface area contributed by atoms with Crippen LogP contribution in [0.25, 0.3) is 0 Å². The summed E-state index contributed by atoms with van der Waals surface area (Å²) in [5.74, 6) is -1.43. The molecule has 10 nitrogen and oxygen atoms in total. The van der Waals surface area contributed by atoms with E-state index in [1.165, 1.54) is 5.56 Å². The van der Waals surface area contributed by atoms with E-state index in [-0.39, 0.29) is 17.9 Å². The summed E-state index contributed by atoms with van der Waals surface area (Å²) in [5, 5.41) is 32.6. The van der Waals surface area contributed by atoms with Gasteiger partial charge in [-0.1, -0.05) is 18.2 Å². The number of anilines is 1. The summed E-state index contributed by atoms with van der Waals surface area (Å²) in [7, 11) is 0. The van der Waals surface area contributed by atoms with Gasteiger partial charge in [0, 0.05) is 42.3 Å². The predicted molar refractivity (Wildman–Crippen MR) is 134 cm³/mol. The van der Waals surface area contributed by atoms with E-state index in [1.807, 2.05) is 35.8 Å². The fourth-order valence-corrected chi connectivity index (χ4v) is 4.85. The second-order valence-corrected chi connectivity index (χ2v) is 9.57. The molecule has 1 aromatic carbocycles. The molecule has 0 bridgehead atoms. The Morgan fingerprint density at radius 1 is 1.15 bits per heavy atom. The number of carbonyl (C=O) groups is 2. The number of aliphatic carboxylic acids is 1. The number of pyridine rings is 1.